The van der Waals surface area contributed by atoms with E-state index in [1.807, 2.05) is 19.1 Å². The highest BCUT2D eigenvalue weighted by molar-refractivity contribution is 9.10. The van der Waals surface area contributed by atoms with Crippen molar-refractivity contribution in [1.29, 1.82) is 0 Å². The SMILES string of the molecule is COc1ccc(CCN2CCN(C(C)C(=O)Nc3ccc(Br)cc3F)CC2)cc1. The fourth-order valence-electron chi connectivity index (χ4n) is 3.45. The maximum absolute atomic E-state index is 14.0. The first-order valence-corrected chi connectivity index (χ1v) is 10.6. The number of nitrogens with zero attached hydrogens (tertiary/aromatic N) is 2. The Morgan fingerprint density at radius 1 is 1.17 bits per heavy atom. The molecule has 1 aliphatic rings. The third kappa shape index (κ3) is 6.01. The van der Waals surface area contributed by atoms with Gasteiger partial charge in [-0.15, -0.1) is 0 Å². The first kappa shape index (κ1) is 21.7. The summed E-state index contributed by atoms with van der Waals surface area (Å²) in [4.78, 5) is 17.1. The van der Waals surface area contributed by atoms with Gasteiger partial charge in [0.25, 0.3) is 0 Å². The van der Waals surface area contributed by atoms with E-state index >= 15 is 0 Å². The van der Waals surface area contributed by atoms with Crippen LogP contribution in [0.15, 0.2) is 46.9 Å². The van der Waals surface area contributed by atoms with E-state index in [4.69, 9.17) is 4.74 Å². The van der Waals surface area contributed by atoms with Crippen LogP contribution in [0.4, 0.5) is 10.1 Å². The average molecular weight is 464 g/mol. The Bertz CT molecular complexity index is 823. The standard InChI is InChI=1S/C22H27BrFN3O2/c1-16(22(28)25-21-8-5-18(23)15-20(21)24)27-13-11-26(12-14-27)10-9-17-3-6-19(29-2)7-4-17/h3-8,15-16H,9-14H2,1-2H3,(H,25,28). The van der Waals surface area contributed by atoms with E-state index in [1.165, 1.54) is 11.6 Å². The van der Waals surface area contributed by atoms with E-state index in [0.29, 0.717) is 4.47 Å². The maximum Gasteiger partial charge on any atom is 0.241 e. The summed E-state index contributed by atoms with van der Waals surface area (Å²) in [5.41, 5.74) is 1.50. The van der Waals surface area contributed by atoms with Crippen LogP contribution in [0.3, 0.4) is 0 Å². The highest BCUT2D eigenvalue weighted by atomic mass is 79.9. The number of carbonyl (C=O) groups excluding carboxylic acids is 1. The molecule has 7 heteroatoms. The van der Waals surface area contributed by atoms with Gasteiger partial charge in [-0.25, -0.2) is 4.39 Å². The number of nitrogens with one attached hydrogen (secondary N) is 1. The Hall–Kier alpha value is -1.96. The van der Waals surface area contributed by atoms with Crippen LogP contribution in [0.1, 0.15) is 12.5 Å². The lowest BCUT2D eigenvalue weighted by atomic mass is 10.1. The monoisotopic (exact) mass is 463 g/mol. The zero-order valence-corrected chi connectivity index (χ0v) is 18.4. The molecule has 1 N–H and O–H groups in total. The van der Waals surface area contributed by atoms with Gasteiger partial charge in [0.15, 0.2) is 0 Å². The molecule has 2 aromatic carbocycles. The smallest absolute Gasteiger partial charge is 0.241 e. The Kier molecular flexibility index (Phi) is 7.64. The molecule has 1 saturated heterocycles. The number of methoxy groups -OCH3 is 1. The number of rotatable bonds is 7. The molecule has 1 aliphatic heterocycles. The lowest BCUT2D eigenvalue weighted by Crippen LogP contribution is -2.53. The van der Waals surface area contributed by atoms with E-state index < -0.39 is 5.82 Å². The zero-order chi connectivity index (χ0) is 20.8. The van der Waals surface area contributed by atoms with Crippen LogP contribution < -0.4 is 10.1 Å². The van der Waals surface area contributed by atoms with Crippen LogP contribution in [-0.4, -0.2) is 61.6 Å². The fourth-order valence-corrected chi connectivity index (χ4v) is 3.78. The van der Waals surface area contributed by atoms with Gasteiger partial charge in [0.1, 0.15) is 11.6 Å². The number of carbonyl (C=O) groups is 1. The molecule has 1 unspecified atom stereocenters. The average Bonchev–Trinajstić information content (AvgIpc) is 2.74. The molecule has 0 radical (unpaired) electrons. The van der Waals surface area contributed by atoms with Crippen LogP contribution in [0, 0.1) is 5.82 Å². The normalized spacial score (nSPS) is 16.4. The first-order chi connectivity index (χ1) is 14.0. The summed E-state index contributed by atoms with van der Waals surface area (Å²) in [6.45, 7) is 6.34. The molecule has 1 heterocycles. The maximum atomic E-state index is 14.0. The number of amides is 1. The highest BCUT2D eigenvalue weighted by Gasteiger charge is 2.26. The Morgan fingerprint density at radius 2 is 1.86 bits per heavy atom. The molecule has 29 heavy (non-hydrogen) atoms. The predicted octanol–water partition coefficient (Wildman–Crippen LogP) is 3.78. The van der Waals surface area contributed by atoms with E-state index in [0.717, 1.165) is 44.9 Å². The summed E-state index contributed by atoms with van der Waals surface area (Å²) in [5, 5.41) is 2.70. The largest absolute Gasteiger partial charge is 0.497 e. The fraction of sp³-hybridized carbons (Fsp3) is 0.409. The van der Waals surface area contributed by atoms with Crippen LogP contribution in [0.5, 0.6) is 5.75 Å². The van der Waals surface area contributed by atoms with Crippen molar-refractivity contribution in [1.82, 2.24) is 9.80 Å². The summed E-state index contributed by atoms with van der Waals surface area (Å²) >= 11 is 3.22. The van der Waals surface area contributed by atoms with Crippen LogP contribution in [0.2, 0.25) is 0 Å². The molecule has 0 aliphatic carbocycles. The van der Waals surface area contributed by atoms with E-state index in [9.17, 15) is 9.18 Å². The van der Waals surface area contributed by atoms with Crippen molar-refractivity contribution in [2.75, 3.05) is 45.2 Å². The Morgan fingerprint density at radius 3 is 2.48 bits per heavy atom. The topological polar surface area (TPSA) is 44.8 Å². The van der Waals surface area contributed by atoms with Crippen LogP contribution in [0.25, 0.3) is 0 Å². The van der Waals surface area contributed by atoms with Crippen LogP contribution >= 0.6 is 15.9 Å². The van der Waals surface area contributed by atoms with Gasteiger partial charge in [-0.1, -0.05) is 28.1 Å². The van der Waals surface area contributed by atoms with Crippen LogP contribution in [-0.2, 0) is 11.2 Å². The number of ether oxygens (including phenoxy) is 1. The van der Waals surface area contributed by atoms with E-state index in [1.54, 1.807) is 19.2 Å². The number of benzene rings is 2. The molecule has 2 aromatic rings. The molecular weight excluding hydrogens is 437 g/mol. The molecule has 1 fully saturated rings. The van der Waals surface area contributed by atoms with Gasteiger partial charge < -0.3 is 15.0 Å². The van der Waals surface area contributed by atoms with Gasteiger partial charge in [0.2, 0.25) is 5.91 Å². The number of halogens is 2. The third-order valence-corrected chi connectivity index (χ3v) is 5.89. The molecule has 0 bridgehead atoms. The first-order valence-electron chi connectivity index (χ1n) is 9.81. The van der Waals surface area contributed by atoms with Crippen molar-refractivity contribution in [3.63, 3.8) is 0 Å². The molecule has 0 aromatic heterocycles. The second kappa shape index (κ2) is 10.2. The lowest BCUT2D eigenvalue weighted by molar-refractivity contribution is -0.121. The summed E-state index contributed by atoms with van der Waals surface area (Å²) in [5.74, 6) is 0.249. The Labute approximate surface area is 180 Å². The number of piperazine rings is 1. The molecule has 1 amide bonds. The lowest BCUT2D eigenvalue weighted by Gasteiger charge is -2.37. The molecule has 0 saturated carbocycles. The number of hydrogen-bond donors (Lipinski definition) is 1. The minimum Gasteiger partial charge on any atom is -0.497 e. The quantitative estimate of drug-likeness (QED) is 0.678. The summed E-state index contributed by atoms with van der Waals surface area (Å²) in [6.07, 6.45) is 0.989. The van der Waals surface area contributed by atoms with Crippen molar-refractivity contribution in [2.24, 2.45) is 0 Å². The van der Waals surface area contributed by atoms with Crippen molar-refractivity contribution in [3.05, 3.63) is 58.3 Å². The highest BCUT2D eigenvalue weighted by Crippen LogP contribution is 2.20. The number of anilines is 1. The molecule has 156 valence electrons. The minimum atomic E-state index is -0.441. The summed E-state index contributed by atoms with van der Waals surface area (Å²) in [7, 11) is 1.67. The van der Waals surface area contributed by atoms with Gasteiger partial charge in [-0.05, 0) is 49.2 Å². The predicted molar refractivity (Wildman–Crippen MR) is 117 cm³/mol. The summed E-state index contributed by atoms with van der Waals surface area (Å²) in [6, 6.07) is 12.5. The van der Waals surface area contributed by atoms with Gasteiger partial charge in [0.05, 0.1) is 18.8 Å². The third-order valence-electron chi connectivity index (χ3n) is 5.40. The zero-order valence-electron chi connectivity index (χ0n) is 16.8. The molecule has 1 atom stereocenters. The van der Waals surface area contributed by atoms with E-state index in [-0.39, 0.29) is 17.6 Å². The molecule has 5 nitrogen and oxygen atoms in total. The van der Waals surface area contributed by atoms with Crippen molar-refractivity contribution in [2.45, 2.75) is 19.4 Å². The molecule has 0 spiro atoms. The van der Waals surface area contributed by atoms with Crippen molar-refractivity contribution < 1.29 is 13.9 Å². The molecule has 3 rings (SSSR count). The molecular formula is C22H27BrFN3O2. The summed E-state index contributed by atoms with van der Waals surface area (Å²) < 4.78 is 19.8. The van der Waals surface area contributed by atoms with Gasteiger partial charge >= 0.3 is 0 Å². The van der Waals surface area contributed by atoms with Crippen molar-refractivity contribution >= 4 is 27.5 Å². The second-order valence-corrected chi connectivity index (χ2v) is 8.18. The van der Waals surface area contributed by atoms with Crippen molar-refractivity contribution in [3.8, 4) is 5.75 Å². The van der Waals surface area contributed by atoms with Gasteiger partial charge in [0, 0.05) is 37.2 Å². The second-order valence-electron chi connectivity index (χ2n) is 7.27. The minimum absolute atomic E-state index is 0.182. The van der Waals surface area contributed by atoms with E-state index in [2.05, 4.69) is 43.2 Å². The number of hydrogen-bond acceptors (Lipinski definition) is 4. The van der Waals surface area contributed by atoms with Gasteiger partial charge in [-0.3, -0.25) is 9.69 Å². The Balaban J connectivity index is 1.44. The van der Waals surface area contributed by atoms with Gasteiger partial charge in [-0.2, -0.15) is 0 Å².